The Kier molecular flexibility index (Phi) is 6.84. The summed E-state index contributed by atoms with van der Waals surface area (Å²) in [5, 5.41) is 2.97. The zero-order valence-electron chi connectivity index (χ0n) is 14.3. The summed E-state index contributed by atoms with van der Waals surface area (Å²) in [6.45, 7) is 5.19. The van der Waals surface area contributed by atoms with Gasteiger partial charge in [-0.15, -0.1) is 0 Å². The minimum Gasteiger partial charge on any atom is -0.478 e. The summed E-state index contributed by atoms with van der Waals surface area (Å²) in [7, 11) is 0. The summed E-state index contributed by atoms with van der Waals surface area (Å²) in [6.07, 6.45) is 8.58. The Labute approximate surface area is 138 Å². The number of pyridine rings is 1. The summed E-state index contributed by atoms with van der Waals surface area (Å²) in [6, 6.07) is 3.61. The van der Waals surface area contributed by atoms with Crippen LogP contribution in [0.3, 0.4) is 0 Å². The van der Waals surface area contributed by atoms with Gasteiger partial charge in [-0.05, 0) is 32.3 Å². The van der Waals surface area contributed by atoms with Crippen LogP contribution in [0.4, 0.5) is 5.69 Å². The Morgan fingerprint density at radius 1 is 1.22 bits per heavy atom. The van der Waals surface area contributed by atoms with Crippen LogP contribution in [0.5, 0.6) is 5.88 Å². The van der Waals surface area contributed by atoms with Gasteiger partial charge in [-0.25, -0.2) is 4.98 Å². The van der Waals surface area contributed by atoms with Crippen molar-refractivity contribution in [1.82, 2.24) is 4.98 Å². The molecule has 0 unspecified atom stereocenters. The first-order chi connectivity index (χ1) is 11.2. The molecular weight excluding hydrogens is 292 g/mol. The third-order valence-corrected chi connectivity index (χ3v) is 4.19. The van der Waals surface area contributed by atoms with Crippen molar-refractivity contribution in [3.63, 3.8) is 0 Å². The predicted octanol–water partition coefficient (Wildman–Crippen LogP) is 3.94. The third kappa shape index (κ3) is 4.93. The van der Waals surface area contributed by atoms with Gasteiger partial charge in [0.25, 0.3) is 5.91 Å². The molecule has 1 N–H and O–H groups in total. The van der Waals surface area contributed by atoms with Crippen LogP contribution >= 0.6 is 0 Å². The van der Waals surface area contributed by atoms with Crippen LogP contribution in [0, 0.1) is 0 Å². The normalized spacial score (nSPS) is 17.3. The van der Waals surface area contributed by atoms with Crippen molar-refractivity contribution in [2.45, 2.75) is 64.4 Å². The molecule has 128 valence electrons. The number of aromatic nitrogens is 1. The Morgan fingerprint density at radius 3 is 2.52 bits per heavy atom. The van der Waals surface area contributed by atoms with Gasteiger partial charge < -0.3 is 14.8 Å². The zero-order chi connectivity index (χ0) is 16.5. The Balaban J connectivity index is 2.02. The van der Waals surface area contributed by atoms with Crippen molar-refractivity contribution in [1.29, 1.82) is 0 Å². The highest BCUT2D eigenvalue weighted by molar-refractivity contribution is 5.97. The van der Waals surface area contributed by atoms with E-state index in [0.29, 0.717) is 24.8 Å². The molecule has 0 atom stereocenters. The van der Waals surface area contributed by atoms with E-state index in [1.54, 1.807) is 12.3 Å². The number of hydrogen-bond acceptors (Lipinski definition) is 4. The van der Waals surface area contributed by atoms with E-state index in [0.717, 1.165) is 32.1 Å². The van der Waals surface area contributed by atoms with Gasteiger partial charge in [0.15, 0.2) is 0 Å². The molecule has 1 saturated carbocycles. The van der Waals surface area contributed by atoms with E-state index >= 15 is 0 Å². The van der Waals surface area contributed by atoms with Crippen LogP contribution in [-0.2, 0) is 9.53 Å². The highest BCUT2D eigenvalue weighted by Gasteiger charge is 2.39. The SMILES string of the molecule is CCCOc1ccc(NC(=O)C2(OCC)CCCCCC2)cn1. The lowest BCUT2D eigenvalue weighted by Gasteiger charge is -2.31. The third-order valence-electron chi connectivity index (χ3n) is 4.19. The average molecular weight is 320 g/mol. The van der Waals surface area contributed by atoms with Crippen molar-refractivity contribution >= 4 is 11.6 Å². The van der Waals surface area contributed by atoms with Crippen molar-refractivity contribution in [2.75, 3.05) is 18.5 Å². The largest absolute Gasteiger partial charge is 0.478 e. The second-order valence-electron chi connectivity index (χ2n) is 6.03. The van der Waals surface area contributed by atoms with E-state index in [4.69, 9.17) is 9.47 Å². The minimum absolute atomic E-state index is 0.0507. The van der Waals surface area contributed by atoms with E-state index in [-0.39, 0.29) is 5.91 Å². The Morgan fingerprint density at radius 2 is 1.96 bits per heavy atom. The monoisotopic (exact) mass is 320 g/mol. The summed E-state index contributed by atoms with van der Waals surface area (Å²) < 4.78 is 11.4. The Bertz CT molecular complexity index is 480. The van der Waals surface area contributed by atoms with Crippen LogP contribution < -0.4 is 10.1 Å². The number of anilines is 1. The quantitative estimate of drug-likeness (QED) is 0.773. The minimum atomic E-state index is -0.692. The summed E-state index contributed by atoms with van der Waals surface area (Å²) in [5.41, 5.74) is -0.00927. The zero-order valence-corrected chi connectivity index (χ0v) is 14.3. The molecule has 23 heavy (non-hydrogen) atoms. The maximum absolute atomic E-state index is 12.8. The fourth-order valence-electron chi connectivity index (χ4n) is 3.00. The fourth-order valence-corrected chi connectivity index (χ4v) is 3.00. The van der Waals surface area contributed by atoms with Gasteiger partial charge in [-0.3, -0.25) is 4.79 Å². The first-order valence-corrected chi connectivity index (χ1v) is 8.74. The Hall–Kier alpha value is -1.62. The number of carbonyl (C=O) groups is 1. The molecule has 0 aromatic carbocycles. The first kappa shape index (κ1) is 17.7. The van der Waals surface area contributed by atoms with Gasteiger partial charge in [-0.1, -0.05) is 32.6 Å². The summed E-state index contributed by atoms with van der Waals surface area (Å²) in [4.78, 5) is 17.0. The van der Waals surface area contributed by atoms with Crippen molar-refractivity contribution < 1.29 is 14.3 Å². The molecule has 0 saturated heterocycles. The highest BCUT2D eigenvalue weighted by Crippen LogP contribution is 2.32. The molecule has 1 fully saturated rings. The van der Waals surface area contributed by atoms with Gasteiger partial charge >= 0.3 is 0 Å². The van der Waals surface area contributed by atoms with E-state index in [1.807, 2.05) is 13.0 Å². The first-order valence-electron chi connectivity index (χ1n) is 8.74. The molecule has 1 amide bonds. The molecule has 0 aliphatic heterocycles. The standard InChI is InChI=1S/C18H28N2O3/c1-3-13-22-16-10-9-15(14-19-16)20-17(21)18(23-4-2)11-7-5-6-8-12-18/h9-10,14H,3-8,11-13H2,1-2H3,(H,20,21). The molecule has 2 rings (SSSR count). The molecule has 5 heteroatoms. The van der Waals surface area contributed by atoms with Crippen molar-refractivity contribution in [3.8, 4) is 5.88 Å². The van der Waals surface area contributed by atoms with Crippen LogP contribution in [0.1, 0.15) is 58.8 Å². The van der Waals surface area contributed by atoms with Gasteiger partial charge in [0, 0.05) is 12.7 Å². The van der Waals surface area contributed by atoms with Crippen LogP contribution in [0.25, 0.3) is 0 Å². The van der Waals surface area contributed by atoms with Gasteiger partial charge in [-0.2, -0.15) is 0 Å². The van der Waals surface area contributed by atoms with Crippen LogP contribution in [-0.4, -0.2) is 29.7 Å². The highest BCUT2D eigenvalue weighted by atomic mass is 16.5. The summed E-state index contributed by atoms with van der Waals surface area (Å²) >= 11 is 0. The van der Waals surface area contributed by atoms with Gasteiger partial charge in [0.1, 0.15) is 5.60 Å². The average Bonchev–Trinajstić information content (AvgIpc) is 2.81. The molecule has 1 aromatic rings. The lowest BCUT2D eigenvalue weighted by molar-refractivity contribution is -0.143. The lowest BCUT2D eigenvalue weighted by atomic mass is 9.93. The topological polar surface area (TPSA) is 60.5 Å². The number of carbonyl (C=O) groups excluding carboxylic acids is 1. The molecule has 1 heterocycles. The number of nitrogens with one attached hydrogen (secondary N) is 1. The van der Waals surface area contributed by atoms with Gasteiger partial charge in [0.05, 0.1) is 18.5 Å². The molecule has 0 spiro atoms. The van der Waals surface area contributed by atoms with Crippen molar-refractivity contribution in [2.24, 2.45) is 0 Å². The second-order valence-corrected chi connectivity index (χ2v) is 6.03. The van der Waals surface area contributed by atoms with E-state index in [9.17, 15) is 4.79 Å². The number of ether oxygens (including phenoxy) is 2. The van der Waals surface area contributed by atoms with Crippen LogP contribution in [0.15, 0.2) is 18.3 Å². The number of rotatable bonds is 7. The number of hydrogen-bond donors (Lipinski definition) is 1. The molecule has 0 radical (unpaired) electrons. The maximum atomic E-state index is 12.8. The fraction of sp³-hybridized carbons (Fsp3) is 0.667. The molecule has 1 aliphatic rings. The molecule has 1 aliphatic carbocycles. The smallest absolute Gasteiger partial charge is 0.256 e. The molecule has 5 nitrogen and oxygen atoms in total. The van der Waals surface area contributed by atoms with Crippen LogP contribution in [0.2, 0.25) is 0 Å². The van der Waals surface area contributed by atoms with E-state index < -0.39 is 5.60 Å². The van der Waals surface area contributed by atoms with E-state index in [1.165, 1.54) is 12.8 Å². The number of amides is 1. The lowest BCUT2D eigenvalue weighted by Crippen LogP contribution is -2.45. The van der Waals surface area contributed by atoms with E-state index in [2.05, 4.69) is 17.2 Å². The number of nitrogens with zero attached hydrogens (tertiary/aromatic N) is 1. The molecule has 1 aromatic heterocycles. The predicted molar refractivity (Wildman–Crippen MR) is 90.7 cm³/mol. The maximum Gasteiger partial charge on any atom is 0.256 e. The molecular formula is C18H28N2O3. The van der Waals surface area contributed by atoms with Gasteiger partial charge in [0.2, 0.25) is 5.88 Å². The second kappa shape index (κ2) is 8.87. The molecule has 0 bridgehead atoms. The van der Waals surface area contributed by atoms with Crippen molar-refractivity contribution in [3.05, 3.63) is 18.3 Å². The summed E-state index contributed by atoms with van der Waals surface area (Å²) in [5.74, 6) is 0.532.